The first-order chi connectivity index (χ1) is 13.2. The minimum atomic E-state index is -4.52. The lowest BCUT2D eigenvalue weighted by Gasteiger charge is -2.10. The molecule has 5 nitrogen and oxygen atoms in total. The van der Waals surface area contributed by atoms with Crippen molar-refractivity contribution in [1.29, 1.82) is 0 Å². The summed E-state index contributed by atoms with van der Waals surface area (Å²) >= 11 is 0. The van der Waals surface area contributed by atoms with E-state index in [9.17, 15) is 23.1 Å². The molecular weight excluding hydrogens is 375 g/mol. The molecular formula is C20H16F3NO4. The molecule has 0 radical (unpaired) electrons. The molecule has 0 unspecified atom stereocenters. The van der Waals surface area contributed by atoms with Crippen molar-refractivity contribution in [1.82, 2.24) is 0 Å². The monoisotopic (exact) mass is 391 g/mol. The number of benzene rings is 1. The zero-order chi connectivity index (χ0) is 20.5. The molecule has 1 aromatic heterocycles. The van der Waals surface area contributed by atoms with Crippen molar-refractivity contribution >= 4 is 17.8 Å². The number of aliphatic imine (C=N–C) groups is 1. The highest BCUT2D eigenvalue weighted by atomic mass is 19.4. The number of carbonyl (C=O) groups is 1. The lowest BCUT2D eigenvalue weighted by Crippen LogP contribution is -2.13. The van der Waals surface area contributed by atoms with Crippen LogP contribution in [0.15, 0.2) is 62.8 Å². The maximum absolute atomic E-state index is 13.2. The summed E-state index contributed by atoms with van der Waals surface area (Å²) in [7, 11) is 0. The third-order valence-corrected chi connectivity index (χ3v) is 4.01. The Morgan fingerprint density at radius 3 is 2.64 bits per heavy atom. The van der Waals surface area contributed by atoms with Crippen molar-refractivity contribution in [3.05, 3.63) is 64.8 Å². The molecule has 28 heavy (non-hydrogen) atoms. The van der Waals surface area contributed by atoms with E-state index in [1.807, 2.05) is 0 Å². The Balaban J connectivity index is 1.96. The molecule has 1 aliphatic heterocycles. The zero-order valence-corrected chi connectivity index (χ0v) is 15.0. The van der Waals surface area contributed by atoms with Gasteiger partial charge in [0.15, 0.2) is 5.76 Å². The fraction of sp³-hybridized carbons (Fsp3) is 0.200. The number of aliphatic hydroxyl groups excluding tert-OH is 1. The lowest BCUT2D eigenvalue weighted by molar-refractivity contribution is -0.138. The molecule has 2 aromatic rings. The smallest absolute Gasteiger partial charge is 0.417 e. The molecule has 0 aliphatic carbocycles. The summed E-state index contributed by atoms with van der Waals surface area (Å²) in [6, 6.07) is 7.92. The van der Waals surface area contributed by atoms with Crippen molar-refractivity contribution in [3.63, 3.8) is 0 Å². The van der Waals surface area contributed by atoms with E-state index in [0.29, 0.717) is 0 Å². The summed E-state index contributed by atoms with van der Waals surface area (Å²) in [6.07, 6.45) is -3.19. The molecule has 1 aliphatic rings. The van der Waals surface area contributed by atoms with Gasteiger partial charge in [-0.2, -0.15) is 13.2 Å². The van der Waals surface area contributed by atoms with Crippen molar-refractivity contribution in [2.24, 2.45) is 4.99 Å². The van der Waals surface area contributed by atoms with Crippen LogP contribution in [0.4, 0.5) is 13.2 Å². The third kappa shape index (κ3) is 3.71. The van der Waals surface area contributed by atoms with Gasteiger partial charge in [-0.25, -0.2) is 9.79 Å². The van der Waals surface area contributed by atoms with Crippen LogP contribution < -0.4 is 0 Å². The van der Waals surface area contributed by atoms with Crippen molar-refractivity contribution in [2.75, 3.05) is 6.61 Å². The molecule has 2 heterocycles. The summed E-state index contributed by atoms with van der Waals surface area (Å²) < 4.78 is 49.9. The Bertz CT molecular complexity index is 1010. The zero-order valence-electron chi connectivity index (χ0n) is 15.0. The van der Waals surface area contributed by atoms with E-state index < -0.39 is 17.7 Å². The second-order valence-corrected chi connectivity index (χ2v) is 5.92. The van der Waals surface area contributed by atoms with Gasteiger partial charge in [-0.15, -0.1) is 0 Å². The minimum Gasteiger partial charge on any atom is -0.505 e. The SMILES string of the molecule is CCOC(=O)C1=C(O)/C(=C\c2ccc(-c3ccccc3C(F)(F)F)o2)N=C1C. The fourth-order valence-electron chi connectivity index (χ4n) is 2.79. The van der Waals surface area contributed by atoms with Gasteiger partial charge >= 0.3 is 12.1 Å². The van der Waals surface area contributed by atoms with Crippen LogP contribution in [0.25, 0.3) is 17.4 Å². The van der Waals surface area contributed by atoms with Crippen LogP contribution >= 0.6 is 0 Å². The van der Waals surface area contributed by atoms with Crippen molar-refractivity contribution < 1.29 is 32.2 Å². The van der Waals surface area contributed by atoms with Gasteiger partial charge in [0.25, 0.3) is 0 Å². The second kappa shape index (κ2) is 7.38. The van der Waals surface area contributed by atoms with Gasteiger partial charge in [-0.1, -0.05) is 18.2 Å². The van der Waals surface area contributed by atoms with Crippen LogP contribution in [0.5, 0.6) is 0 Å². The first-order valence-corrected chi connectivity index (χ1v) is 8.37. The average molecular weight is 391 g/mol. The standard InChI is InChI=1S/C20H16F3NO4/c1-3-27-19(26)17-11(2)24-15(18(17)25)10-12-8-9-16(28-12)13-6-4-5-7-14(13)20(21,22)23/h4-10,25H,3H2,1-2H3/b15-10+. The molecule has 0 amide bonds. The number of nitrogens with zero attached hydrogens (tertiary/aromatic N) is 1. The predicted octanol–water partition coefficient (Wildman–Crippen LogP) is 5.16. The molecule has 0 spiro atoms. The molecule has 146 valence electrons. The number of ether oxygens (including phenoxy) is 1. The van der Waals surface area contributed by atoms with Crippen LogP contribution in [0.2, 0.25) is 0 Å². The van der Waals surface area contributed by atoms with Crippen LogP contribution in [-0.2, 0) is 15.7 Å². The maximum Gasteiger partial charge on any atom is 0.417 e. The molecule has 0 saturated carbocycles. The Labute approximate surface area is 158 Å². The molecule has 0 bridgehead atoms. The van der Waals surface area contributed by atoms with E-state index >= 15 is 0 Å². The van der Waals surface area contributed by atoms with E-state index in [-0.39, 0.29) is 46.4 Å². The van der Waals surface area contributed by atoms with Gasteiger partial charge in [0.2, 0.25) is 0 Å². The summed E-state index contributed by atoms with van der Waals surface area (Å²) in [4.78, 5) is 16.0. The first kappa shape index (κ1) is 19.5. The predicted molar refractivity (Wildman–Crippen MR) is 96.5 cm³/mol. The number of carbonyl (C=O) groups excluding carboxylic acids is 1. The molecule has 0 saturated heterocycles. The van der Waals surface area contributed by atoms with Crippen molar-refractivity contribution in [2.45, 2.75) is 20.0 Å². The number of rotatable bonds is 4. The number of esters is 1. The van der Waals surface area contributed by atoms with Crippen LogP contribution in [0.3, 0.4) is 0 Å². The average Bonchev–Trinajstić information content (AvgIpc) is 3.19. The number of aliphatic hydroxyl groups is 1. The number of hydrogen-bond acceptors (Lipinski definition) is 5. The van der Waals surface area contributed by atoms with E-state index in [1.165, 1.54) is 43.3 Å². The van der Waals surface area contributed by atoms with Gasteiger partial charge in [-0.05, 0) is 32.0 Å². The summed E-state index contributed by atoms with van der Waals surface area (Å²) in [5, 5.41) is 10.3. The van der Waals surface area contributed by atoms with Gasteiger partial charge in [0.05, 0.1) is 17.9 Å². The lowest BCUT2D eigenvalue weighted by atomic mass is 10.1. The Morgan fingerprint density at radius 2 is 1.96 bits per heavy atom. The molecule has 8 heteroatoms. The highest BCUT2D eigenvalue weighted by Gasteiger charge is 2.34. The topological polar surface area (TPSA) is 72.0 Å². The molecule has 1 N–H and O–H groups in total. The van der Waals surface area contributed by atoms with Gasteiger partial charge < -0.3 is 14.3 Å². The highest BCUT2D eigenvalue weighted by Crippen LogP contribution is 2.38. The van der Waals surface area contributed by atoms with Crippen LogP contribution in [0.1, 0.15) is 25.2 Å². The Kier molecular flexibility index (Phi) is 5.13. The van der Waals surface area contributed by atoms with Crippen LogP contribution in [-0.4, -0.2) is 23.4 Å². The minimum absolute atomic E-state index is 0.0209. The Morgan fingerprint density at radius 1 is 1.25 bits per heavy atom. The van der Waals surface area contributed by atoms with Gasteiger partial charge in [-0.3, -0.25) is 0 Å². The number of halogens is 3. The molecule has 0 fully saturated rings. The third-order valence-electron chi connectivity index (χ3n) is 4.01. The number of alkyl halides is 3. The van der Waals surface area contributed by atoms with E-state index in [1.54, 1.807) is 6.92 Å². The number of hydrogen-bond donors (Lipinski definition) is 1. The Hall–Kier alpha value is -3.29. The fourth-order valence-corrected chi connectivity index (χ4v) is 2.79. The summed E-state index contributed by atoms with van der Waals surface area (Å²) in [5.74, 6) is -0.878. The number of furan rings is 1. The van der Waals surface area contributed by atoms with E-state index in [2.05, 4.69) is 4.99 Å². The first-order valence-electron chi connectivity index (χ1n) is 8.37. The van der Waals surface area contributed by atoms with Crippen molar-refractivity contribution in [3.8, 4) is 11.3 Å². The second-order valence-electron chi connectivity index (χ2n) is 5.92. The van der Waals surface area contributed by atoms with E-state index in [0.717, 1.165) is 6.07 Å². The van der Waals surface area contributed by atoms with Gasteiger partial charge in [0.1, 0.15) is 22.8 Å². The quantitative estimate of drug-likeness (QED) is 0.731. The molecule has 3 rings (SSSR count). The summed E-state index contributed by atoms with van der Waals surface area (Å²) in [5.41, 5.74) is -0.632. The highest BCUT2D eigenvalue weighted by molar-refractivity contribution is 6.22. The molecule has 0 atom stereocenters. The maximum atomic E-state index is 13.2. The normalized spacial score (nSPS) is 15.9. The molecule has 1 aromatic carbocycles. The summed E-state index contributed by atoms with van der Waals surface area (Å²) in [6.45, 7) is 3.31. The largest absolute Gasteiger partial charge is 0.505 e. The van der Waals surface area contributed by atoms with Gasteiger partial charge in [0, 0.05) is 11.6 Å². The van der Waals surface area contributed by atoms with E-state index in [4.69, 9.17) is 9.15 Å². The van der Waals surface area contributed by atoms with Crippen LogP contribution in [0, 0.1) is 0 Å².